The van der Waals surface area contributed by atoms with Crippen molar-refractivity contribution in [2.75, 3.05) is 26.4 Å². The zero-order valence-electron chi connectivity index (χ0n) is 13.1. The number of alkyl carbamates (subject to hydrolysis) is 1. The fourth-order valence-electron chi connectivity index (χ4n) is 1.83. The van der Waals surface area contributed by atoms with E-state index >= 15 is 0 Å². The van der Waals surface area contributed by atoms with Crippen LogP contribution >= 0.6 is 0 Å². The number of benzene rings is 1. The first-order valence-electron chi connectivity index (χ1n) is 7.29. The predicted molar refractivity (Wildman–Crippen MR) is 82.6 cm³/mol. The van der Waals surface area contributed by atoms with Gasteiger partial charge in [-0.2, -0.15) is 0 Å². The lowest BCUT2D eigenvalue weighted by Gasteiger charge is -2.18. The highest BCUT2D eigenvalue weighted by atomic mass is 16.6. The van der Waals surface area contributed by atoms with Gasteiger partial charge in [0.15, 0.2) is 18.1 Å². The lowest BCUT2D eigenvalue weighted by atomic mass is 10.2. The number of hydrogen-bond donors (Lipinski definition) is 1. The van der Waals surface area contributed by atoms with Crippen LogP contribution in [0.15, 0.2) is 24.3 Å². The fraction of sp³-hybridized carbons (Fsp3) is 0.312. The number of carbonyl (C=O) groups is 3. The van der Waals surface area contributed by atoms with E-state index in [4.69, 9.17) is 14.2 Å². The van der Waals surface area contributed by atoms with Crippen molar-refractivity contribution in [3.05, 3.63) is 29.8 Å². The molecule has 8 heteroatoms. The third kappa shape index (κ3) is 5.31. The van der Waals surface area contributed by atoms with E-state index in [1.165, 1.54) is 12.2 Å². The van der Waals surface area contributed by atoms with Crippen LogP contribution in [-0.2, 0) is 19.1 Å². The summed E-state index contributed by atoms with van der Waals surface area (Å²) < 4.78 is 20.1. The Kier molecular flexibility index (Phi) is 6.18. The van der Waals surface area contributed by atoms with Crippen LogP contribution in [0.3, 0.4) is 0 Å². The summed E-state index contributed by atoms with van der Waals surface area (Å²) in [6.45, 7) is 2.13. The highest BCUT2D eigenvalue weighted by Gasteiger charge is 2.12. The Morgan fingerprint density at radius 2 is 1.92 bits per heavy atom. The Balaban J connectivity index is 1.80. The van der Waals surface area contributed by atoms with Gasteiger partial charge in [0.2, 0.25) is 0 Å². The van der Waals surface area contributed by atoms with Crippen LogP contribution in [0.4, 0.5) is 4.79 Å². The van der Waals surface area contributed by atoms with E-state index in [2.05, 4.69) is 4.74 Å². The molecule has 0 atom stereocenters. The molecule has 1 aliphatic rings. The van der Waals surface area contributed by atoms with E-state index in [-0.39, 0.29) is 6.61 Å². The first-order chi connectivity index (χ1) is 11.6. The van der Waals surface area contributed by atoms with Crippen molar-refractivity contribution in [1.29, 1.82) is 0 Å². The van der Waals surface area contributed by atoms with Crippen LogP contribution in [0.2, 0.25) is 0 Å². The first kappa shape index (κ1) is 17.3. The summed E-state index contributed by atoms with van der Waals surface area (Å²) >= 11 is 0. The van der Waals surface area contributed by atoms with Crippen molar-refractivity contribution < 1.29 is 33.3 Å². The van der Waals surface area contributed by atoms with Gasteiger partial charge in [-0.05, 0) is 30.7 Å². The molecule has 1 aromatic rings. The normalized spacial score (nSPS) is 12.5. The Hall–Kier alpha value is -3.03. The number of hydrogen-bond acceptors (Lipinski definition) is 7. The van der Waals surface area contributed by atoms with Crippen LogP contribution < -0.4 is 14.8 Å². The maximum Gasteiger partial charge on any atom is 0.413 e. The Bertz CT molecular complexity index is 654. The van der Waals surface area contributed by atoms with Crippen molar-refractivity contribution in [3.63, 3.8) is 0 Å². The highest BCUT2D eigenvalue weighted by Crippen LogP contribution is 2.31. The summed E-state index contributed by atoms with van der Waals surface area (Å²) in [5.41, 5.74) is 0.715. The first-order valence-corrected chi connectivity index (χ1v) is 7.29. The molecular weight excluding hydrogens is 318 g/mol. The number of ether oxygens (including phenoxy) is 4. The molecule has 0 aromatic heterocycles. The minimum atomic E-state index is -0.884. The van der Waals surface area contributed by atoms with Gasteiger partial charge in [0.25, 0.3) is 5.91 Å². The molecule has 1 aliphatic heterocycles. The Morgan fingerprint density at radius 1 is 1.17 bits per heavy atom. The molecule has 0 saturated carbocycles. The van der Waals surface area contributed by atoms with Gasteiger partial charge in [-0.15, -0.1) is 0 Å². The highest BCUT2D eigenvalue weighted by molar-refractivity contribution is 5.94. The average Bonchev–Trinajstić information content (AvgIpc) is 2.58. The van der Waals surface area contributed by atoms with Crippen LogP contribution in [0.1, 0.15) is 12.5 Å². The molecule has 0 aliphatic carbocycles. The molecule has 24 heavy (non-hydrogen) atoms. The van der Waals surface area contributed by atoms with E-state index in [0.717, 1.165) is 0 Å². The zero-order chi connectivity index (χ0) is 17.4. The van der Waals surface area contributed by atoms with Crippen LogP contribution in [-0.4, -0.2) is 44.4 Å². The molecule has 2 rings (SSSR count). The zero-order valence-corrected chi connectivity index (χ0v) is 13.1. The summed E-state index contributed by atoms with van der Waals surface area (Å²) in [6, 6.07) is 5.22. The molecule has 0 unspecified atom stereocenters. The summed E-state index contributed by atoms with van der Waals surface area (Å²) in [5.74, 6) is -0.236. The number of imide groups is 1. The van der Waals surface area contributed by atoms with Gasteiger partial charge in [0, 0.05) is 6.08 Å². The topological polar surface area (TPSA) is 100 Å². The number of amides is 2. The minimum Gasteiger partial charge on any atom is -0.486 e. The third-order valence-electron chi connectivity index (χ3n) is 2.84. The maximum absolute atomic E-state index is 11.6. The second kappa shape index (κ2) is 8.56. The molecule has 2 amide bonds. The molecule has 1 aromatic carbocycles. The summed E-state index contributed by atoms with van der Waals surface area (Å²) in [4.78, 5) is 33.9. The molecule has 8 nitrogen and oxygen atoms in total. The summed E-state index contributed by atoms with van der Waals surface area (Å²) in [7, 11) is 0. The monoisotopic (exact) mass is 335 g/mol. The molecule has 0 saturated heterocycles. The van der Waals surface area contributed by atoms with Crippen molar-refractivity contribution in [2.45, 2.75) is 6.92 Å². The third-order valence-corrected chi connectivity index (χ3v) is 2.84. The standard InChI is InChI=1S/C16H17NO7/c1-2-21-16(20)17-14(18)10-24-15(19)6-4-11-3-5-12-13(9-11)23-8-7-22-12/h3-6,9H,2,7-8,10H2,1H3,(H,17,18,20)/b6-4+. The predicted octanol–water partition coefficient (Wildman–Crippen LogP) is 1.29. The maximum atomic E-state index is 11.6. The van der Waals surface area contributed by atoms with E-state index in [1.807, 2.05) is 5.32 Å². The van der Waals surface area contributed by atoms with E-state index in [0.29, 0.717) is 30.3 Å². The number of rotatable bonds is 5. The largest absolute Gasteiger partial charge is 0.486 e. The van der Waals surface area contributed by atoms with Crippen LogP contribution in [0.25, 0.3) is 6.08 Å². The number of carbonyl (C=O) groups excluding carboxylic acids is 3. The molecular formula is C16H17NO7. The van der Waals surface area contributed by atoms with Crippen molar-refractivity contribution >= 4 is 24.0 Å². The van der Waals surface area contributed by atoms with Crippen LogP contribution in [0, 0.1) is 0 Å². The summed E-state index contributed by atoms with van der Waals surface area (Å²) in [5, 5.41) is 1.91. The quantitative estimate of drug-likeness (QED) is 0.639. The van der Waals surface area contributed by atoms with Crippen molar-refractivity contribution in [2.24, 2.45) is 0 Å². The lowest BCUT2D eigenvalue weighted by molar-refractivity contribution is -0.143. The molecule has 128 valence electrons. The molecule has 0 bridgehead atoms. The van der Waals surface area contributed by atoms with E-state index in [9.17, 15) is 14.4 Å². The SMILES string of the molecule is CCOC(=O)NC(=O)COC(=O)/C=C/c1ccc2c(c1)OCCO2. The molecule has 0 fully saturated rings. The molecule has 0 radical (unpaired) electrons. The number of esters is 1. The Morgan fingerprint density at radius 3 is 2.67 bits per heavy atom. The van der Waals surface area contributed by atoms with Gasteiger partial charge < -0.3 is 18.9 Å². The number of nitrogens with one attached hydrogen (secondary N) is 1. The van der Waals surface area contributed by atoms with Gasteiger partial charge in [0.05, 0.1) is 6.61 Å². The summed E-state index contributed by atoms with van der Waals surface area (Å²) in [6.07, 6.45) is 1.80. The van der Waals surface area contributed by atoms with E-state index in [1.54, 1.807) is 25.1 Å². The second-order valence-corrected chi connectivity index (χ2v) is 4.61. The number of fused-ring (bicyclic) bond motifs is 1. The van der Waals surface area contributed by atoms with Crippen LogP contribution in [0.5, 0.6) is 11.5 Å². The van der Waals surface area contributed by atoms with Gasteiger partial charge >= 0.3 is 12.1 Å². The van der Waals surface area contributed by atoms with Crippen molar-refractivity contribution in [3.8, 4) is 11.5 Å². The van der Waals surface area contributed by atoms with Crippen molar-refractivity contribution in [1.82, 2.24) is 5.32 Å². The van der Waals surface area contributed by atoms with Gasteiger partial charge in [0.1, 0.15) is 13.2 Å². The molecule has 0 spiro atoms. The van der Waals surface area contributed by atoms with E-state index < -0.39 is 24.6 Å². The van der Waals surface area contributed by atoms with Gasteiger partial charge in [-0.1, -0.05) is 6.07 Å². The average molecular weight is 335 g/mol. The lowest BCUT2D eigenvalue weighted by Crippen LogP contribution is -2.34. The minimum absolute atomic E-state index is 0.136. The van der Waals surface area contributed by atoms with Gasteiger partial charge in [-0.3, -0.25) is 10.1 Å². The smallest absolute Gasteiger partial charge is 0.413 e. The molecule has 1 N–H and O–H groups in total. The van der Waals surface area contributed by atoms with Gasteiger partial charge in [-0.25, -0.2) is 9.59 Å². The second-order valence-electron chi connectivity index (χ2n) is 4.61. The Labute approximate surface area is 138 Å². The fourth-order valence-corrected chi connectivity index (χ4v) is 1.83. The molecule has 1 heterocycles.